The van der Waals surface area contributed by atoms with E-state index in [-0.39, 0.29) is 93.7 Å². The second-order valence-electron chi connectivity index (χ2n) is 37.1. The predicted octanol–water partition coefficient (Wildman–Crippen LogP) is 16.6. The van der Waals surface area contributed by atoms with E-state index >= 15 is 0 Å². The van der Waals surface area contributed by atoms with Crippen molar-refractivity contribution in [2.45, 2.75) is 344 Å². The molecule has 93 heavy (non-hydrogen) atoms. The van der Waals surface area contributed by atoms with Crippen LogP contribution in [0.2, 0.25) is 18.1 Å². The van der Waals surface area contributed by atoms with Crippen LogP contribution in [-0.2, 0) is 42.3 Å². The van der Waals surface area contributed by atoms with E-state index in [2.05, 4.69) is 110 Å². The minimum absolute atomic E-state index is 0.00729. The van der Waals surface area contributed by atoms with Gasteiger partial charge >= 0.3 is 12.2 Å². The monoisotopic (exact) mass is 1310 g/mol. The third-order valence-electron chi connectivity index (χ3n) is 33.1. The summed E-state index contributed by atoms with van der Waals surface area (Å²) in [4.78, 5) is 23.9. The van der Waals surface area contributed by atoms with Crippen LogP contribution < -0.4 is 11.5 Å². The fourth-order valence-corrected chi connectivity index (χ4v) is 31.3. The minimum atomic E-state index is -2.02. The summed E-state index contributed by atoms with van der Waals surface area (Å²) >= 11 is 0. The smallest absolute Gasteiger partial charge is 0.405 e. The second-order valence-corrected chi connectivity index (χ2v) is 41.9. The van der Waals surface area contributed by atoms with Gasteiger partial charge in [-0.25, -0.2) is 9.59 Å². The Balaban J connectivity index is 0.000000171. The zero-order valence-electron chi connectivity index (χ0n) is 61.0. The first-order chi connectivity index (χ1) is 43.8. The molecule has 0 aromatic rings. The number of nitrogens with two attached hydrogens (primary N) is 2. The SMILES string of the molecule is C=C(C)[C@@H](OC(N)=O)[C@H]1C[C@@H](C)[C@H]2[C@H](O1)[C@H](O[Si](CC)(CC)CC)[C@@]1(C)[C@@H]3CC[C@H]4C(C)(C)C(O[C@H]5CCCCO5)CCC45C[C@@]35CC[C@]21C.CC(C)[C@@H](OC(N)=O)[C@H]1C[C@@H](C)[C@H]2[C@H](O1)[C@H](O)[C@@]1(C)[C@@H]3CC[C@H]4C(C)(C)C(O[C@H]5CCCCO5)CCC45C[C@@]35CC[C@]21C. The van der Waals surface area contributed by atoms with Crippen LogP contribution in [0.1, 0.15) is 252 Å². The Morgan fingerprint density at radius 3 is 1.47 bits per heavy atom. The van der Waals surface area contributed by atoms with Crippen LogP contribution >= 0.6 is 0 Å². The zero-order valence-corrected chi connectivity index (χ0v) is 62.0. The average molecular weight is 1320 g/mol. The molecule has 28 atom stereocenters. The lowest BCUT2D eigenvalue weighted by molar-refractivity contribution is -0.242. The Morgan fingerprint density at radius 2 is 1.02 bits per heavy atom. The van der Waals surface area contributed by atoms with Crippen LogP contribution in [0.15, 0.2) is 12.2 Å². The Labute approximate surface area is 562 Å². The lowest BCUT2D eigenvalue weighted by atomic mass is 9.41. The molecule has 528 valence electrons. The third-order valence-corrected chi connectivity index (χ3v) is 37.7. The molecule has 0 radical (unpaired) electrons. The van der Waals surface area contributed by atoms with Crippen molar-refractivity contribution in [3.63, 3.8) is 0 Å². The van der Waals surface area contributed by atoms with Crippen LogP contribution in [0, 0.1) is 107 Å². The minimum Gasteiger partial charge on any atom is -0.443 e. The highest BCUT2D eigenvalue weighted by molar-refractivity contribution is 6.73. The van der Waals surface area contributed by atoms with Crippen LogP contribution in [0.25, 0.3) is 0 Å². The van der Waals surface area contributed by atoms with Gasteiger partial charge in [0, 0.05) is 24.0 Å². The molecule has 10 aliphatic carbocycles. The number of rotatable bonds is 15. The molecule has 4 spiro atoms. The van der Waals surface area contributed by atoms with Crippen molar-refractivity contribution >= 4 is 20.5 Å². The number of amides is 2. The Kier molecular flexibility index (Phi) is 18.1. The molecule has 14 nitrogen and oxygen atoms in total. The van der Waals surface area contributed by atoms with E-state index in [1.54, 1.807) is 0 Å². The Bertz CT molecular complexity index is 2780. The van der Waals surface area contributed by atoms with Crippen LogP contribution in [0.5, 0.6) is 0 Å². The van der Waals surface area contributed by atoms with Gasteiger partial charge in [0.25, 0.3) is 0 Å². The van der Waals surface area contributed by atoms with E-state index in [4.69, 9.17) is 53.8 Å². The number of hydrogen-bond donors (Lipinski definition) is 3. The zero-order chi connectivity index (χ0) is 66.8. The van der Waals surface area contributed by atoms with E-state index in [0.29, 0.717) is 69.0 Å². The summed E-state index contributed by atoms with van der Waals surface area (Å²) in [7, 11) is -2.02. The highest BCUT2D eigenvalue weighted by Crippen LogP contribution is 2.91. The average Bonchev–Trinajstić information content (AvgIpc) is 1.47. The third kappa shape index (κ3) is 10.0. The molecular weight excluding hydrogens is 1180 g/mol. The number of ether oxygens (including phenoxy) is 8. The topological polar surface area (TPSA) is 189 Å². The maximum atomic E-state index is 12.5. The molecule has 4 unspecified atom stereocenters. The van der Waals surface area contributed by atoms with Crippen LogP contribution in [-0.4, -0.2) is 112 Å². The van der Waals surface area contributed by atoms with Crippen molar-refractivity contribution in [1.82, 2.24) is 0 Å². The van der Waals surface area contributed by atoms with Gasteiger partial charge in [0.05, 0.1) is 48.8 Å². The van der Waals surface area contributed by atoms with E-state index < -0.39 is 38.8 Å². The van der Waals surface area contributed by atoms with Gasteiger partial charge < -0.3 is 58.9 Å². The lowest BCUT2D eigenvalue weighted by Gasteiger charge is -2.64. The standard InChI is InChI=1S/C42H71NO6Si.C36H59NO6/c1-11-50(12-2,13-3)49-36-35-33(27(6)24-28(46-35)34(26(4)5)48-37(43)44)39(9)21-22-42-25-41(42)20-19-31(47-32-16-14-15-23-45-32)38(7,8)29(41)17-18-30(42)40(36,39)10;1-20(2)28(43-31(37)39)22-18-21(3)27-29(41-22)30(38)34(7)24-12-11-23-32(4,5)25(42-26-10-8-9-17-40-26)13-14-35(23)19-36(24,35)16-15-33(27,34)6/h27-36H,4,11-25H2,1-3,5-10H3,(H2,43,44);20-30,38H,8-19H2,1-7H3,(H2,37,39)/t27-,28-,29+,30+,31?,32+,33+,34-,35+,36+,39-,40-,41?,42+;21-,22-,23+,24+,25?,26+,27+,28-,29+,30+,33-,34-,35?,36+/m11/s1. The van der Waals surface area contributed by atoms with Gasteiger partial charge in [-0.05, 0) is 268 Å². The molecule has 4 heterocycles. The summed E-state index contributed by atoms with van der Waals surface area (Å²) in [6.07, 6.45) is 22.7. The second kappa shape index (κ2) is 24.2. The van der Waals surface area contributed by atoms with Gasteiger partial charge in [-0.1, -0.05) is 110 Å². The first-order valence-electron chi connectivity index (χ1n) is 38.6. The Hall–Kier alpha value is -1.82. The van der Waals surface area contributed by atoms with E-state index in [0.717, 1.165) is 94.7 Å². The molecule has 5 N–H and O–H groups in total. The quantitative estimate of drug-likeness (QED) is 0.0800. The summed E-state index contributed by atoms with van der Waals surface area (Å²) in [5.41, 5.74) is 13.5. The lowest BCUT2D eigenvalue weighted by Crippen LogP contribution is -2.61. The molecule has 14 rings (SSSR count). The molecule has 0 aromatic heterocycles. The largest absolute Gasteiger partial charge is 0.443 e. The fraction of sp³-hybridized carbons (Fsp3) is 0.949. The molecule has 14 aliphatic rings. The highest BCUT2D eigenvalue weighted by Gasteiger charge is 2.87. The summed E-state index contributed by atoms with van der Waals surface area (Å²) in [5.74, 6) is 4.01. The Morgan fingerprint density at radius 1 is 0.581 bits per heavy atom. The molecule has 2 amide bonds. The van der Waals surface area contributed by atoms with Gasteiger partial charge in [-0.3, -0.25) is 0 Å². The van der Waals surface area contributed by atoms with E-state index in [1.165, 1.54) is 83.5 Å². The molecule has 14 fully saturated rings. The molecule has 4 saturated heterocycles. The van der Waals surface area contributed by atoms with Crippen molar-refractivity contribution < 1.29 is 57.0 Å². The van der Waals surface area contributed by atoms with Crippen molar-refractivity contribution in [3.05, 3.63) is 12.2 Å². The molecular formula is C78H130N2O12Si. The number of hydrogen-bond acceptors (Lipinski definition) is 12. The molecule has 15 heteroatoms. The molecule has 10 saturated carbocycles. The number of carbonyl (C=O) groups is 2. The highest BCUT2D eigenvalue weighted by atomic mass is 28.4. The first kappa shape index (κ1) is 69.6. The van der Waals surface area contributed by atoms with E-state index in [9.17, 15) is 14.7 Å². The van der Waals surface area contributed by atoms with Crippen molar-refractivity contribution in [2.24, 2.45) is 119 Å². The van der Waals surface area contributed by atoms with E-state index in [1.807, 2.05) is 6.92 Å². The number of primary amides is 2. The van der Waals surface area contributed by atoms with Gasteiger partial charge in [0.1, 0.15) is 6.10 Å². The fourth-order valence-electron chi connectivity index (χ4n) is 28.3. The van der Waals surface area contributed by atoms with Crippen molar-refractivity contribution in [2.75, 3.05) is 13.2 Å². The van der Waals surface area contributed by atoms with Gasteiger partial charge in [0.2, 0.25) is 0 Å². The van der Waals surface area contributed by atoms with Gasteiger partial charge in [-0.15, -0.1) is 0 Å². The molecule has 0 bridgehead atoms. The first-order valence-corrected chi connectivity index (χ1v) is 41.1. The summed E-state index contributed by atoms with van der Waals surface area (Å²) in [6, 6.07) is 3.38. The summed E-state index contributed by atoms with van der Waals surface area (Å²) in [6.45, 7) is 44.1. The molecule has 4 aliphatic heterocycles. The maximum Gasteiger partial charge on any atom is 0.405 e. The summed E-state index contributed by atoms with van der Waals surface area (Å²) < 4.78 is 59.2. The maximum absolute atomic E-state index is 12.5. The van der Waals surface area contributed by atoms with Crippen LogP contribution in [0.3, 0.4) is 0 Å². The number of carbonyl (C=O) groups excluding carboxylic acids is 2. The van der Waals surface area contributed by atoms with Gasteiger partial charge in [-0.2, -0.15) is 0 Å². The van der Waals surface area contributed by atoms with Crippen molar-refractivity contribution in [3.8, 4) is 0 Å². The predicted molar refractivity (Wildman–Crippen MR) is 364 cm³/mol. The molecule has 0 aromatic carbocycles. The normalized spacial score (nSPS) is 50.9. The summed E-state index contributed by atoms with van der Waals surface area (Å²) in [5, 5.41) is 12.5. The van der Waals surface area contributed by atoms with Crippen molar-refractivity contribution in [1.29, 1.82) is 0 Å². The van der Waals surface area contributed by atoms with Gasteiger partial charge in [0.15, 0.2) is 27.0 Å². The van der Waals surface area contributed by atoms with Crippen LogP contribution in [0.4, 0.5) is 9.59 Å². The number of aliphatic hydroxyl groups is 1. The number of aliphatic hydroxyl groups excluding tert-OH is 1. The number of fused-ring (bicyclic) bond motifs is 8.